The van der Waals surface area contributed by atoms with Gasteiger partial charge < -0.3 is 19.7 Å². The smallest absolute Gasteiger partial charge is 0.417 e. The first-order valence-electron chi connectivity index (χ1n) is 5.15. The van der Waals surface area contributed by atoms with Crippen molar-refractivity contribution in [3.05, 3.63) is 22.7 Å². The molecule has 1 rings (SSSR count). The fraction of sp³-hybridized carbons (Fsp3) is 0.364. The maximum absolute atomic E-state index is 12.2. The minimum Gasteiger partial charge on any atom is -0.493 e. The lowest BCUT2D eigenvalue weighted by Crippen LogP contribution is -2.34. The summed E-state index contributed by atoms with van der Waals surface area (Å²) in [6.07, 6.45) is -7.62. The molecule has 0 spiro atoms. The summed E-state index contributed by atoms with van der Waals surface area (Å²) in [5.41, 5.74) is -0.469. The molecule has 20 heavy (non-hydrogen) atoms. The lowest BCUT2D eigenvalue weighted by Gasteiger charge is -2.18. The maximum atomic E-state index is 12.2. The lowest BCUT2D eigenvalue weighted by molar-refractivity contribution is -0.210. The molecule has 9 heteroatoms. The van der Waals surface area contributed by atoms with Crippen LogP contribution in [0.3, 0.4) is 0 Å². The molecule has 0 aromatic heterocycles. The molecular formula is C11H10ClF3O5. The van der Waals surface area contributed by atoms with E-state index in [1.54, 1.807) is 0 Å². The number of alkyl halides is 3. The van der Waals surface area contributed by atoms with Crippen LogP contribution in [0.25, 0.3) is 0 Å². The minimum atomic E-state index is -4.87. The predicted octanol–water partition coefficient (Wildman–Crippen LogP) is 2.35. The van der Waals surface area contributed by atoms with Gasteiger partial charge in [-0.15, -0.1) is 0 Å². The quantitative estimate of drug-likeness (QED) is 0.872. The zero-order chi connectivity index (χ0) is 15.5. The summed E-state index contributed by atoms with van der Waals surface area (Å²) in [6, 6.07) is 2.19. The third-order valence-electron chi connectivity index (χ3n) is 2.23. The van der Waals surface area contributed by atoms with E-state index in [0.29, 0.717) is 0 Å². The van der Waals surface area contributed by atoms with Crippen molar-refractivity contribution in [2.45, 2.75) is 12.3 Å². The zero-order valence-corrected chi connectivity index (χ0v) is 10.8. The summed E-state index contributed by atoms with van der Waals surface area (Å²) in [7, 11) is 1.17. The van der Waals surface area contributed by atoms with E-state index in [9.17, 15) is 18.0 Å². The molecule has 0 bridgehead atoms. The highest BCUT2D eigenvalue weighted by atomic mass is 35.5. The average Bonchev–Trinajstić information content (AvgIpc) is 2.34. The molecule has 0 saturated heterocycles. The van der Waals surface area contributed by atoms with E-state index in [2.05, 4.69) is 0 Å². The van der Waals surface area contributed by atoms with Gasteiger partial charge in [-0.2, -0.15) is 13.2 Å². The van der Waals surface area contributed by atoms with Crippen LogP contribution in [0.15, 0.2) is 12.1 Å². The number of rotatable bonds is 5. The number of carbonyl (C=O) groups is 1. The van der Waals surface area contributed by atoms with Crippen molar-refractivity contribution in [1.29, 1.82) is 0 Å². The lowest BCUT2D eigenvalue weighted by atomic mass is 10.2. The summed E-state index contributed by atoms with van der Waals surface area (Å²) in [5, 5.41) is 17.8. The molecule has 0 radical (unpaired) electrons. The number of aliphatic hydroxyl groups excluding tert-OH is 1. The van der Waals surface area contributed by atoms with Gasteiger partial charge in [0.1, 0.15) is 12.2 Å². The molecule has 2 N–H and O–H groups in total. The first-order chi connectivity index (χ1) is 9.16. The van der Waals surface area contributed by atoms with Crippen LogP contribution in [-0.2, 0) is 0 Å². The number of benzene rings is 1. The van der Waals surface area contributed by atoms with E-state index in [-0.39, 0.29) is 10.8 Å². The molecule has 0 fully saturated rings. The monoisotopic (exact) mass is 314 g/mol. The topological polar surface area (TPSA) is 76.0 Å². The van der Waals surface area contributed by atoms with Crippen LogP contribution in [0.1, 0.15) is 10.4 Å². The maximum Gasteiger partial charge on any atom is 0.417 e. The van der Waals surface area contributed by atoms with Gasteiger partial charge in [-0.05, 0) is 6.07 Å². The molecule has 112 valence electrons. The number of carboxylic acid groups (broad SMARTS) is 1. The van der Waals surface area contributed by atoms with Crippen molar-refractivity contribution in [1.82, 2.24) is 0 Å². The van der Waals surface area contributed by atoms with Gasteiger partial charge in [-0.3, -0.25) is 0 Å². The van der Waals surface area contributed by atoms with Crippen molar-refractivity contribution < 1.29 is 37.7 Å². The number of aliphatic hydroxyl groups is 1. The zero-order valence-electron chi connectivity index (χ0n) is 10.1. The van der Waals surface area contributed by atoms with Gasteiger partial charge in [-0.1, -0.05) is 11.6 Å². The molecule has 0 heterocycles. The van der Waals surface area contributed by atoms with Gasteiger partial charge in [-0.25, -0.2) is 4.79 Å². The highest BCUT2D eigenvalue weighted by Gasteiger charge is 2.39. The Balaban J connectivity index is 3.07. The van der Waals surface area contributed by atoms with Crippen LogP contribution >= 0.6 is 11.6 Å². The Morgan fingerprint density at radius 1 is 1.45 bits per heavy atom. The highest BCUT2D eigenvalue weighted by molar-refractivity contribution is 6.31. The fourth-order valence-corrected chi connectivity index (χ4v) is 1.49. The van der Waals surface area contributed by atoms with E-state index in [1.807, 2.05) is 0 Å². The second-order valence-electron chi connectivity index (χ2n) is 3.66. The fourth-order valence-electron chi connectivity index (χ4n) is 1.28. The Morgan fingerprint density at radius 2 is 2.05 bits per heavy atom. The van der Waals surface area contributed by atoms with Gasteiger partial charge >= 0.3 is 12.1 Å². The molecule has 0 saturated carbocycles. The average molecular weight is 315 g/mol. The Labute approximate surface area is 116 Å². The first kappa shape index (κ1) is 16.4. The molecule has 0 aliphatic heterocycles. The molecule has 0 amide bonds. The molecule has 1 aromatic rings. The summed E-state index contributed by atoms with van der Waals surface area (Å²) < 4.78 is 46.0. The van der Waals surface area contributed by atoms with Gasteiger partial charge in [0, 0.05) is 11.1 Å². The van der Waals surface area contributed by atoms with Crippen LogP contribution in [0.2, 0.25) is 5.02 Å². The number of halogens is 4. The minimum absolute atomic E-state index is 0.0166. The van der Waals surface area contributed by atoms with Gasteiger partial charge in [0.2, 0.25) is 0 Å². The van der Waals surface area contributed by atoms with Gasteiger partial charge in [0.25, 0.3) is 0 Å². The summed E-state index contributed by atoms with van der Waals surface area (Å²) in [5.74, 6) is -2.04. The van der Waals surface area contributed by atoms with Crippen molar-refractivity contribution >= 4 is 17.6 Å². The van der Waals surface area contributed by atoms with Crippen LogP contribution in [0.5, 0.6) is 11.5 Å². The van der Waals surface area contributed by atoms with Crippen molar-refractivity contribution in [2.75, 3.05) is 13.7 Å². The Kier molecular flexibility index (Phi) is 5.07. The summed E-state index contributed by atoms with van der Waals surface area (Å²) in [6.45, 7) is -1.16. The molecular weight excluding hydrogens is 305 g/mol. The second-order valence-corrected chi connectivity index (χ2v) is 4.09. The number of carboxylic acids is 1. The SMILES string of the molecule is COc1cc(Cl)cc(C(=O)O)c1OCC(O)C(F)(F)F. The van der Waals surface area contributed by atoms with Crippen molar-refractivity contribution in [3.8, 4) is 11.5 Å². The number of hydrogen-bond acceptors (Lipinski definition) is 4. The summed E-state index contributed by atoms with van der Waals surface area (Å²) >= 11 is 5.65. The second kappa shape index (κ2) is 6.19. The van der Waals surface area contributed by atoms with Crippen LogP contribution in [0.4, 0.5) is 13.2 Å². The Morgan fingerprint density at radius 3 is 2.50 bits per heavy atom. The van der Waals surface area contributed by atoms with Gasteiger partial charge in [0.05, 0.1) is 7.11 Å². The Hall–Kier alpha value is -1.67. The Bertz CT molecular complexity index is 504. The van der Waals surface area contributed by atoms with E-state index in [4.69, 9.17) is 31.3 Å². The van der Waals surface area contributed by atoms with Crippen LogP contribution in [-0.4, -0.2) is 42.2 Å². The third kappa shape index (κ3) is 3.91. The number of ether oxygens (including phenoxy) is 2. The van der Waals surface area contributed by atoms with Crippen LogP contribution in [0, 0.1) is 0 Å². The number of methoxy groups -OCH3 is 1. The molecule has 1 unspecified atom stereocenters. The molecule has 1 aromatic carbocycles. The first-order valence-corrected chi connectivity index (χ1v) is 5.53. The summed E-state index contributed by atoms with van der Waals surface area (Å²) in [4.78, 5) is 11.0. The number of hydrogen-bond donors (Lipinski definition) is 2. The standard InChI is InChI=1S/C11H10ClF3O5/c1-19-7-3-5(12)2-6(10(17)18)9(7)20-4-8(16)11(13,14)15/h2-3,8,16H,4H2,1H3,(H,17,18). The third-order valence-corrected chi connectivity index (χ3v) is 2.45. The molecule has 1 atom stereocenters. The van der Waals surface area contributed by atoms with E-state index in [0.717, 1.165) is 6.07 Å². The van der Waals surface area contributed by atoms with E-state index in [1.165, 1.54) is 13.2 Å². The number of aromatic carboxylic acids is 1. The van der Waals surface area contributed by atoms with Crippen molar-refractivity contribution in [2.24, 2.45) is 0 Å². The normalized spacial score (nSPS) is 12.9. The van der Waals surface area contributed by atoms with Gasteiger partial charge in [0.15, 0.2) is 17.6 Å². The predicted molar refractivity (Wildman–Crippen MR) is 62.5 cm³/mol. The van der Waals surface area contributed by atoms with E-state index < -0.39 is 36.2 Å². The van der Waals surface area contributed by atoms with Crippen molar-refractivity contribution in [3.63, 3.8) is 0 Å². The molecule has 5 nitrogen and oxygen atoms in total. The molecule has 0 aliphatic rings. The van der Waals surface area contributed by atoms with E-state index >= 15 is 0 Å². The largest absolute Gasteiger partial charge is 0.493 e. The highest BCUT2D eigenvalue weighted by Crippen LogP contribution is 2.35. The molecule has 0 aliphatic carbocycles. The van der Waals surface area contributed by atoms with Crippen LogP contribution < -0.4 is 9.47 Å².